The summed E-state index contributed by atoms with van der Waals surface area (Å²) in [4.78, 5) is 23.0. The average molecular weight is 623 g/mol. The number of nitro benzene ring substituents is 1. The molecule has 0 saturated heterocycles. The lowest BCUT2D eigenvalue weighted by Crippen LogP contribution is -2.53. The first-order valence-electron chi connectivity index (χ1n) is 12.1. The Balaban J connectivity index is 1.67. The van der Waals surface area contributed by atoms with Crippen LogP contribution in [0.5, 0.6) is 17.2 Å². The summed E-state index contributed by atoms with van der Waals surface area (Å²) in [5.41, 5.74) is 1.54. The molecule has 0 radical (unpaired) electrons. The van der Waals surface area contributed by atoms with Gasteiger partial charge in [-0.05, 0) is 47.5 Å². The monoisotopic (exact) mass is 622 g/mol. The van der Waals surface area contributed by atoms with Crippen LogP contribution in [-0.4, -0.2) is 63.7 Å². The van der Waals surface area contributed by atoms with E-state index in [0.717, 1.165) is 10.4 Å². The highest BCUT2D eigenvalue weighted by molar-refractivity contribution is 7.89. The standard InChI is InChI=1S/C25H26N4O11S2/c1-38-20-6-8-21(9-7-20)42(36,37)28(14-17-5-10-23-24(12-17)40-16-39-23)22(25(30)27-31)13-26-41(34,35)15-18-3-2-4-19(11-18)29(32)33/h2-12,22,26,31H,13-16H2,1H3,(H,27,30)/t22-/m1/s1. The van der Waals surface area contributed by atoms with E-state index < -0.39 is 55.8 Å². The van der Waals surface area contributed by atoms with E-state index in [0.29, 0.717) is 22.8 Å². The van der Waals surface area contributed by atoms with E-state index in [1.54, 1.807) is 12.1 Å². The lowest BCUT2D eigenvalue weighted by Gasteiger charge is -2.30. The predicted octanol–water partition coefficient (Wildman–Crippen LogP) is 1.52. The number of carbonyl (C=O) groups excluding carboxylic acids is 1. The quantitative estimate of drug-likeness (QED) is 0.142. The van der Waals surface area contributed by atoms with Gasteiger partial charge in [-0.2, -0.15) is 4.31 Å². The molecule has 0 saturated carbocycles. The number of hydrogen-bond donors (Lipinski definition) is 3. The molecule has 3 N–H and O–H groups in total. The van der Waals surface area contributed by atoms with Gasteiger partial charge >= 0.3 is 0 Å². The summed E-state index contributed by atoms with van der Waals surface area (Å²) < 4.78 is 72.2. The smallest absolute Gasteiger partial charge is 0.269 e. The molecule has 4 rings (SSSR count). The van der Waals surface area contributed by atoms with Gasteiger partial charge in [-0.1, -0.05) is 18.2 Å². The Morgan fingerprint density at radius 3 is 2.43 bits per heavy atom. The van der Waals surface area contributed by atoms with Gasteiger partial charge in [0.25, 0.3) is 11.6 Å². The normalized spacial score (nSPS) is 13.5. The highest BCUT2D eigenvalue weighted by Crippen LogP contribution is 2.34. The van der Waals surface area contributed by atoms with Crippen LogP contribution in [0, 0.1) is 10.1 Å². The molecule has 0 unspecified atom stereocenters. The molecule has 0 spiro atoms. The van der Waals surface area contributed by atoms with E-state index >= 15 is 0 Å². The van der Waals surface area contributed by atoms with Crippen molar-refractivity contribution in [1.29, 1.82) is 0 Å². The highest BCUT2D eigenvalue weighted by Gasteiger charge is 2.37. The molecule has 3 aromatic carbocycles. The van der Waals surface area contributed by atoms with E-state index in [1.165, 1.54) is 61.1 Å². The summed E-state index contributed by atoms with van der Waals surface area (Å²) in [6, 6.07) is 13.1. The molecular weight excluding hydrogens is 596 g/mol. The zero-order chi connectivity index (χ0) is 30.5. The van der Waals surface area contributed by atoms with Gasteiger partial charge in [-0.3, -0.25) is 20.1 Å². The Hall–Kier alpha value is -4.29. The Morgan fingerprint density at radius 2 is 1.76 bits per heavy atom. The van der Waals surface area contributed by atoms with Gasteiger partial charge in [0, 0.05) is 25.2 Å². The number of non-ortho nitro benzene ring substituents is 1. The van der Waals surface area contributed by atoms with Gasteiger partial charge < -0.3 is 14.2 Å². The van der Waals surface area contributed by atoms with Gasteiger partial charge in [0.05, 0.1) is 22.7 Å². The minimum Gasteiger partial charge on any atom is -0.497 e. The highest BCUT2D eigenvalue weighted by atomic mass is 32.2. The average Bonchev–Trinajstić information content (AvgIpc) is 3.44. The van der Waals surface area contributed by atoms with Crippen LogP contribution in [0.3, 0.4) is 0 Å². The predicted molar refractivity (Wildman–Crippen MR) is 146 cm³/mol. The van der Waals surface area contributed by atoms with Crippen LogP contribution in [0.15, 0.2) is 71.6 Å². The van der Waals surface area contributed by atoms with Crippen LogP contribution in [0.4, 0.5) is 5.69 Å². The molecule has 0 aliphatic carbocycles. The van der Waals surface area contributed by atoms with Crippen molar-refractivity contribution in [2.45, 2.75) is 23.2 Å². The Bertz CT molecular complexity index is 1680. The summed E-state index contributed by atoms with van der Waals surface area (Å²) >= 11 is 0. The van der Waals surface area contributed by atoms with E-state index in [1.807, 2.05) is 0 Å². The molecule has 1 aliphatic rings. The van der Waals surface area contributed by atoms with Crippen molar-refractivity contribution in [2.24, 2.45) is 0 Å². The molecule has 224 valence electrons. The van der Waals surface area contributed by atoms with Crippen molar-refractivity contribution < 1.29 is 46.0 Å². The fourth-order valence-electron chi connectivity index (χ4n) is 4.10. The number of rotatable bonds is 13. The SMILES string of the molecule is COc1ccc(S(=O)(=O)N(Cc2ccc3c(c2)OCO3)[C@H](CNS(=O)(=O)Cc2cccc([N+](=O)[O-])c2)C(=O)NO)cc1. The minimum atomic E-state index is -4.51. The number of benzene rings is 3. The number of nitrogens with one attached hydrogen (secondary N) is 2. The number of hydroxylamine groups is 1. The van der Waals surface area contributed by atoms with Crippen LogP contribution >= 0.6 is 0 Å². The zero-order valence-corrected chi connectivity index (χ0v) is 23.6. The van der Waals surface area contributed by atoms with Gasteiger partial charge in [-0.25, -0.2) is 27.0 Å². The second-order valence-corrected chi connectivity index (χ2v) is 12.6. The van der Waals surface area contributed by atoms with Crippen molar-refractivity contribution >= 4 is 31.6 Å². The maximum absolute atomic E-state index is 13.9. The molecule has 15 nitrogen and oxygen atoms in total. The topological polar surface area (TPSA) is 204 Å². The lowest BCUT2D eigenvalue weighted by molar-refractivity contribution is -0.384. The number of carbonyl (C=O) groups is 1. The van der Waals surface area contributed by atoms with Gasteiger partial charge in [-0.15, -0.1) is 0 Å². The van der Waals surface area contributed by atoms with Crippen molar-refractivity contribution in [2.75, 3.05) is 20.4 Å². The minimum absolute atomic E-state index is 0.0332. The van der Waals surface area contributed by atoms with Crippen molar-refractivity contribution in [3.8, 4) is 17.2 Å². The van der Waals surface area contributed by atoms with Crippen molar-refractivity contribution in [3.05, 3.63) is 88.0 Å². The number of nitrogens with zero attached hydrogens (tertiary/aromatic N) is 2. The van der Waals surface area contributed by atoms with E-state index in [-0.39, 0.29) is 22.9 Å². The first kappa shape index (κ1) is 30.7. The number of amides is 1. The molecule has 0 bridgehead atoms. The summed E-state index contributed by atoms with van der Waals surface area (Å²) in [6.07, 6.45) is 0. The number of nitro groups is 1. The second kappa shape index (κ2) is 12.7. The van der Waals surface area contributed by atoms with Crippen LogP contribution < -0.4 is 24.4 Å². The van der Waals surface area contributed by atoms with E-state index in [9.17, 15) is 37.0 Å². The van der Waals surface area contributed by atoms with Crippen LogP contribution in [-0.2, 0) is 37.1 Å². The molecule has 3 aromatic rings. The second-order valence-electron chi connectivity index (χ2n) is 8.94. The number of methoxy groups -OCH3 is 1. The Labute approximate surface area is 240 Å². The van der Waals surface area contributed by atoms with Crippen LogP contribution in [0.25, 0.3) is 0 Å². The first-order valence-corrected chi connectivity index (χ1v) is 15.2. The van der Waals surface area contributed by atoms with E-state index in [2.05, 4.69) is 4.72 Å². The van der Waals surface area contributed by atoms with Crippen molar-refractivity contribution in [3.63, 3.8) is 0 Å². The van der Waals surface area contributed by atoms with E-state index in [4.69, 9.17) is 14.2 Å². The lowest BCUT2D eigenvalue weighted by atomic mass is 10.2. The summed E-state index contributed by atoms with van der Waals surface area (Å²) in [6.45, 7) is -1.26. The number of ether oxygens (including phenoxy) is 3. The maximum atomic E-state index is 13.9. The summed E-state index contributed by atoms with van der Waals surface area (Å²) in [5, 5.41) is 20.5. The Kier molecular flexibility index (Phi) is 9.27. The molecule has 1 aliphatic heterocycles. The molecule has 0 fully saturated rings. The molecule has 1 amide bonds. The first-order chi connectivity index (χ1) is 19.9. The Morgan fingerprint density at radius 1 is 1.05 bits per heavy atom. The third-order valence-corrected chi connectivity index (χ3v) is 9.37. The zero-order valence-electron chi connectivity index (χ0n) is 22.0. The van der Waals surface area contributed by atoms with Gasteiger partial charge in [0.1, 0.15) is 11.8 Å². The van der Waals surface area contributed by atoms with Crippen LogP contribution in [0.1, 0.15) is 11.1 Å². The van der Waals surface area contributed by atoms with Gasteiger partial charge in [0.15, 0.2) is 11.5 Å². The molecule has 1 heterocycles. The van der Waals surface area contributed by atoms with Gasteiger partial charge in [0.2, 0.25) is 26.8 Å². The fourth-order valence-corrected chi connectivity index (χ4v) is 6.81. The molecule has 1 atom stereocenters. The summed E-state index contributed by atoms with van der Waals surface area (Å²) in [7, 11) is -7.37. The third kappa shape index (κ3) is 7.12. The summed E-state index contributed by atoms with van der Waals surface area (Å²) in [5.74, 6) is -0.770. The molecule has 42 heavy (non-hydrogen) atoms. The number of fused-ring (bicyclic) bond motifs is 1. The number of hydrogen-bond acceptors (Lipinski definition) is 11. The molecule has 17 heteroatoms. The maximum Gasteiger partial charge on any atom is 0.269 e. The molecule has 0 aromatic heterocycles. The number of sulfonamides is 2. The third-order valence-electron chi connectivity index (χ3n) is 6.18. The van der Waals surface area contributed by atoms with Crippen molar-refractivity contribution in [1.82, 2.24) is 14.5 Å². The fraction of sp³-hybridized carbons (Fsp3) is 0.240. The molecular formula is C25H26N4O11S2. The van der Waals surface area contributed by atoms with Crippen LogP contribution in [0.2, 0.25) is 0 Å². The largest absolute Gasteiger partial charge is 0.497 e.